The molecule has 1 aromatic heterocycles. The van der Waals surface area contributed by atoms with Crippen LogP contribution in [0.5, 0.6) is 0 Å². The highest BCUT2D eigenvalue weighted by Crippen LogP contribution is 2.22. The number of hydrogen-bond acceptors (Lipinski definition) is 4. The number of benzene rings is 1. The van der Waals surface area contributed by atoms with Gasteiger partial charge in [-0.2, -0.15) is 0 Å². The van der Waals surface area contributed by atoms with Gasteiger partial charge in [0.05, 0.1) is 19.2 Å². The molecule has 0 amide bonds. The van der Waals surface area contributed by atoms with Gasteiger partial charge in [0, 0.05) is 17.1 Å². The Morgan fingerprint density at radius 1 is 1.30 bits per heavy atom. The van der Waals surface area contributed by atoms with E-state index < -0.39 is 5.97 Å². The van der Waals surface area contributed by atoms with Crippen LogP contribution in [0.4, 0.5) is 5.69 Å². The number of halogens is 1. The Bertz CT molecular complexity index is 607. The lowest BCUT2D eigenvalue weighted by molar-refractivity contribution is 0.0602. The minimum absolute atomic E-state index is 0.405. The largest absolute Gasteiger partial charge is 0.465 e. The molecule has 0 radical (unpaired) electrons. The van der Waals surface area contributed by atoms with E-state index in [4.69, 9.17) is 20.8 Å². The zero-order valence-electron chi connectivity index (χ0n) is 11.4. The molecule has 0 unspecified atom stereocenters. The Labute approximate surface area is 122 Å². The van der Waals surface area contributed by atoms with Gasteiger partial charge in [-0.05, 0) is 30.3 Å². The number of esters is 1. The number of furan rings is 1. The van der Waals surface area contributed by atoms with Crippen molar-refractivity contribution in [3.63, 3.8) is 0 Å². The first-order valence-corrected chi connectivity index (χ1v) is 6.71. The van der Waals surface area contributed by atoms with Crippen LogP contribution in [0.15, 0.2) is 34.7 Å². The quantitative estimate of drug-likeness (QED) is 0.850. The molecule has 0 saturated heterocycles. The Morgan fingerprint density at radius 3 is 2.70 bits per heavy atom. The lowest BCUT2D eigenvalue weighted by Crippen LogP contribution is -2.08. The summed E-state index contributed by atoms with van der Waals surface area (Å²) >= 11 is 5.90. The van der Waals surface area contributed by atoms with Crippen molar-refractivity contribution in [3.05, 3.63) is 52.4 Å². The van der Waals surface area contributed by atoms with Gasteiger partial charge in [-0.15, -0.1) is 0 Å². The van der Waals surface area contributed by atoms with Crippen molar-refractivity contribution in [2.45, 2.75) is 19.9 Å². The molecule has 20 heavy (non-hydrogen) atoms. The van der Waals surface area contributed by atoms with Crippen LogP contribution in [0, 0.1) is 0 Å². The molecule has 2 rings (SSSR count). The number of anilines is 1. The number of rotatable bonds is 5. The minimum Gasteiger partial charge on any atom is -0.465 e. The molecule has 4 nitrogen and oxygen atoms in total. The number of ether oxygens (including phenoxy) is 1. The van der Waals surface area contributed by atoms with Crippen LogP contribution in [-0.4, -0.2) is 13.1 Å². The maximum Gasteiger partial charge on any atom is 0.340 e. The van der Waals surface area contributed by atoms with Crippen LogP contribution in [0.25, 0.3) is 0 Å². The van der Waals surface area contributed by atoms with Gasteiger partial charge < -0.3 is 14.5 Å². The van der Waals surface area contributed by atoms with Gasteiger partial charge in [-0.1, -0.05) is 18.5 Å². The summed E-state index contributed by atoms with van der Waals surface area (Å²) in [5, 5.41) is 3.64. The van der Waals surface area contributed by atoms with E-state index in [0.717, 1.165) is 17.9 Å². The normalized spacial score (nSPS) is 10.3. The van der Waals surface area contributed by atoms with Crippen LogP contribution >= 0.6 is 11.6 Å². The lowest BCUT2D eigenvalue weighted by Gasteiger charge is -2.10. The van der Waals surface area contributed by atoms with Gasteiger partial charge in [-0.25, -0.2) is 4.79 Å². The summed E-state index contributed by atoms with van der Waals surface area (Å²) in [6.07, 6.45) is 0.856. The zero-order valence-corrected chi connectivity index (χ0v) is 12.2. The summed E-state index contributed by atoms with van der Waals surface area (Å²) in [7, 11) is 1.34. The number of carbonyl (C=O) groups is 1. The van der Waals surface area contributed by atoms with Gasteiger partial charge in [0.15, 0.2) is 0 Å². The number of carbonyl (C=O) groups excluding carboxylic acids is 1. The van der Waals surface area contributed by atoms with Crippen LogP contribution in [0.3, 0.4) is 0 Å². The number of methoxy groups -OCH3 is 1. The van der Waals surface area contributed by atoms with Crippen LogP contribution < -0.4 is 5.32 Å². The van der Waals surface area contributed by atoms with Crippen molar-refractivity contribution in [2.75, 3.05) is 12.4 Å². The van der Waals surface area contributed by atoms with Crippen molar-refractivity contribution in [1.82, 2.24) is 0 Å². The molecule has 0 aliphatic rings. The zero-order chi connectivity index (χ0) is 14.5. The van der Waals surface area contributed by atoms with E-state index in [0.29, 0.717) is 22.8 Å². The molecule has 0 spiro atoms. The number of aryl methyl sites for hydroxylation is 1. The van der Waals surface area contributed by atoms with Crippen molar-refractivity contribution < 1.29 is 13.9 Å². The summed E-state index contributed by atoms with van der Waals surface area (Å²) in [5.74, 6) is 1.32. The average Bonchev–Trinajstić information content (AvgIpc) is 2.93. The molecular weight excluding hydrogens is 278 g/mol. The van der Waals surface area contributed by atoms with E-state index in [1.807, 2.05) is 19.1 Å². The fourth-order valence-corrected chi connectivity index (χ4v) is 2.01. The maximum atomic E-state index is 11.7. The topological polar surface area (TPSA) is 51.5 Å². The highest BCUT2D eigenvalue weighted by molar-refractivity contribution is 6.31. The molecule has 0 atom stereocenters. The molecular formula is C15H16ClNO3. The summed E-state index contributed by atoms with van der Waals surface area (Å²) in [6, 6.07) is 8.91. The third kappa shape index (κ3) is 3.33. The predicted octanol–water partition coefficient (Wildman–Crippen LogP) is 3.89. The number of hydrogen-bond donors (Lipinski definition) is 1. The Morgan fingerprint density at radius 2 is 2.05 bits per heavy atom. The van der Waals surface area contributed by atoms with E-state index in [1.165, 1.54) is 7.11 Å². The molecule has 106 valence electrons. The predicted molar refractivity (Wildman–Crippen MR) is 78.2 cm³/mol. The molecule has 1 N–H and O–H groups in total. The van der Waals surface area contributed by atoms with E-state index in [2.05, 4.69) is 5.32 Å². The van der Waals surface area contributed by atoms with Crippen molar-refractivity contribution in [3.8, 4) is 0 Å². The van der Waals surface area contributed by atoms with Crippen LogP contribution in [-0.2, 0) is 17.7 Å². The average molecular weight is 294 g/mol. The second-order valence-electron chi connectivity index (χ2n) is 4.26. The third-order valence-electron chi connectivity index (χ3n) is 2.91. The lowest BCUT2D eigenvalue weighted by atomic mass is 10.1. The second kappa shape index (κ2) is 6.48. The van der Waals surface area contributed by atoms with E-state index in [-0.39, 0.29) is 0 Å². The van der Waals surface area contributed by atoms with E-state index in [9.17, 15) is 4.79 Å². The Kier molecular flexibility index (Phi) is 4.69. The molecule has 0 bridgehead atoms. The molecule has 1 aromatic carbocycles. The van der Waals surface area contributed by atoms with Gasteiger partial charge in [0.1, 0.15) is 11.5 Å². The first-order chi connectivity index (χ1) is 9.63. The fraction of sp³-hybridized carbons (Fsp3) is 0.267. The summed E-state index contributed by atoms with van der Waals surface area (Å²) in [5.41, 5.74) is 1.07. The highest BCUT2D eigenvalue weighted by atomic mass is 35.5. The molecule has 0 fully saturated rings. The van der Waals surface area contributed by atoms with Gasteiger partial charge >= 0.3 is 5.97 Å². The summed E-state index contributed by atoms with van der Waals surface area (Å²) < 4.78 is 10.3. The van der Waals surface area contributed by atoms with E-state index >= 15 is 0 Å². The molecule has 5 heteroatoms. The van der Waals surface area contributed by atoms with Crippen molar-refractivity contribution >= 4 is 23.3 Å². The third-order valence-corrected chi connectivity index (χ3v) is 3.14. The number of nitrogens with one attached hydrogen (secondary N) is 1. The molecule has 0 aliphatic heterocycles. The van der Waals surface area contributed by atoms with E-state index in [1.54, 1.807) is 18.2 Å². The fourth-order valence-electron chi connectivity index (χ4n) is 1.84. The summed E-state index contributed by atoms with van der Waals surface area (Å²) in [6.45, 7) is 2.52. The second-order valence-corrected chi connectivity index (χ2v) is 4.69. The van der Waals surface area contributed by atoms with Crippen molar-refractivity contribution in [2.24, 2.45) is 0 Å². The summed E-state index contributed by atoms with van der Waals surface area (Å²) in [4.78, 5) is 11.7. The monoisotopic (exact) mass is 293 g/mol. The smallest absolute Gasteiger partial charge is 0.340 e. The first-order valence-electron chi connectivity index (χ1n) is 6.33. The minimum atomic E-state index is -0.427. The Balaban J connectivity index is 2.14. The molecule has 0 aliphatic carbocycles. The van der Waals surface area contributed by atoms with Crippen LogP contribution in [0.1, 0.15) is 28.8 Å². The maximum absolute atomic E-state index is 11.7. The first kappa shape index (κ1) is 14.5. The molecule has 2 aromatic rings. The Hall–Kier alpha value is -1.94. The van der Waals surface area contributed by atoms with Crippen LogP contribution in [0.2, 0.25) is 5.02 Å². The van der Waals surface area contributed by atoms with Crippen molar-refractivity contribution in [1.29, 1.82) is 0 Å². The standard InChI is InChI=1S/C15H16ClNO3/c1-3-11-5-6-12(20-11)9-17-14-7-4-10(16)8-13(14)15(18)19-2/h4-8,17H,3,9H2,1-2H3. The molecule has 0 saturated carbocycles. The van der Waals surface area contributed by atoms with Gasteiger partial charge in [0.2, 0.25) is 0 Å². The SMILES string of the molecule is CCc1ccc(CNc2ccc(Cl)cc2C(=O)OC)o1. The molecule has 1 heterocycles. The van der Waals surface area contributed by atoms with Gasteiger partial charge in [0.25, 0.3) is 0 Å². The highest BCUT2D eigenvalue weighted by Gasteiger charge is 2.12. The van der Waals surface area contributed by atoms with Gasteiger partial charge in [-0.3, -0.25) is 0 Å².